The quantitative estimate of drug-likeness (QED) is 0.694. The summed E-state index contributed by atoms with van der Waals surface area (Å²) in [7, 11) is 0. The van der Waals surface area contributed by atoms with Crippen molar-refractivity contribution >= 4 is 27.7 Å². The number of carbonyl (C=O) groups is 1. The van der Waals surface area contributed by atoms with Crippen LogP contribution in [0.15, 0.2) is 27.7 Å². The molecule has 1 aromatic rings. The van der Waals surface area contributed by atoms with E-state index in [-0.39, 0.29) is 5.97 Å². The van der Waals surface area contributed by atoms with E-state index in [1.807, 2.05) is 18.2 Å². The number of hydrogen-bond donors (Lipinski definition) is 0. The zero-order chi connectivity index (χ0) is 10.1. The first-order valence-corrected chi connectivity index (χ1v) is 4.98. The van der Waals surface area contributed by atoms with Crippen molar-refractivity contribution in [1.29, 1.82) is 0 Å². The van der Waals surface area contributed by atoms with Crippen molar-refractivity contribution in [2.45, 2.75) is 6.92 Å². The average Bonchev–Trinajstić information content (AvgIpc) is 2.47. The van der Waals surface area contributed by atoms with Crippen molar-refractivity contribution in [2.24, 2.45) is 4.99 Å². The highest BCUT2D eigenvalue weighted by Gasteiger charge is 2.09. The third-order valence-corrected chi connectivity index (χ3v) is 2.41. The molecule has 0 radical (unpaired) electrons. The molecule has 0 bridgehead atoms. The van der Waals surface area contributed by atoms with Gasteiger partial charge in [0, 0.05) is 16.6 Å². The Hall–Kier alpha value is -1.16. The van der Waals surface area contributed by atoms with Gasteiger partial charge in [0.2, 0.25) is 0 Å². The monoisotopic (exact) mass is 253 g/mol. The van der Waals surface area contributed by atoms with Crippen LogP contribution < -0.4 is 10.6 Å². The van der Waals surface area contributed by atoms with Gasteiger partial charge in [-0.1, -0.05) is 15.9 Å². The summed E-state index contributed by atoms with van der Waals surface area (Å²) in [5.41, 5.74) is 0. The fourth-order valence-corrected chi connectivity index (χ4v) is 1.73. The fraction of sp³-hybridized carbons (Fsp3) is 0.200. The summed E-state index contributed by atoms with van der Waals surface area (Å²) in [5.74, 6) is 0.330. The summed E-state index contributed by atoms with van der Waals surface area (Å²) in [6.07, 6.45) is 0. The SMILES string of the molecule is CC(=O)OC1=c2cc(Br)ccc2=NC1. The smallest absolute Gasteiger partial charge is 0.307 e. The third kappa shape index (κ3) is 1.70. The van der Waals surface area contributed by atoms with Crippen LogP contribution in [0.25, 0.3) is 5.76 Å². The number of esters is 1. The summed E-state index contributed by atoms with van der Waals surface area (Å²) in [4.78, 5) is 15.0. The maximum Gasteiger partial charge on any atom is 0.307 e. The van der Waals surface area contributed by atoms with Gasteiger partial charge in [-0.25, -0.2) is 0 Å². The zero-order valence-electron chi connectivity index (χ0n) is 7.58. The molecule has 2 rings (SSSR count). The molecule has 0 aromatic heterocycles. The van der Waals surface area contributed by atoms with Gasteiger partial charge in [0.05, 0.1) is 11.9 Å². The number of benzene rings is 1. The van der Waals surface area contributed by atoms with E-state index in [0.29, 0.717) is 12.3 Å². The lowest BCUT2D eigenvalue weighted by molar-refractivity contribution is -0.134. The van der Waals surface area contributed by atoms with Crippen LogP contribution in [0, 0.1) is 0 Å². The first-order valence-electron chi connectivity index (χ1n) is 4.18. The van der Waals surface area contributed by atoms with Gasteiger partial charge in [-0.15, -0.1) is 0 Å². The molecule has 1 aromatic carbocycles. The van der Waals surface area contributed by atoms with E-state index >= 15 is 0 Å². The molecule has 0 atom stereocenters. The number of ether oxygens (including phenoxy) is 1. The minimum Gasteiger partial charge on any atom is -0.429 e. The molecule has 1 aliphatic heterocycles. The molecule has 0 fully saturated rings. The fourth-order valence-electron chi connectivity index (χ4n) is 1.37. The van der Waals surface area contributed by atoms with Crippen LogP contribution in [0.3, 0.4) is 0 Å². The Balaban J connectivity index is 2.58. The highest BCUT2D eigenvalue weighted by molar-refractivity contribution is 9.10. The van der Waals surface area contributed by atoms with Crippen LogP contribution >= 0.6 is 15.9 Å². The molecule has 1 aliphatic rings. The number of hydrogen-bond acceptors (Lipinski definition) is 3. The Morgan fingerprint density at radius 3 is 3.07 bits per heavy atom. The van der Waals surface area contributed by atoms with Crippen molar-refractivity contribution in [1.82, 2.24) is 0 Å². The highest BCUT2D eigenvalue weighted by atomic mass is 79.9. The Labute approximate surface area is 89.2 Å². The lowest BCUT2D eigenvalue weighted by Gasteiger charge is -1.99. The first kappa shape index (κ1) is 9.40. The van der Waals surface area contributed by atoms with Crippen LogP contribution in [0.4, 0.5) is 0 Å². The van der Waals surface area contributed by atoms with Gasteiger partial charge < -0.3 is 4.74 Å². The van der Waals surface area contributed by atoms with Gasteiger partial charge >= 0.3 is 5.97 Å². The second-order valence-electron chi connectivity index (χ2n) is 2.99. The van der Waals surface area contributed by atoms with E-state index in [2.05, 4.69) is 20.9 Å². The van der Waals surface area contributed by atoms with Crippen molar-refractivity contribution in [3.8, 4) is 0 Å². The van der Waals surface area contributed by atoms with Crippen molar-refractivity contribution in [2.75, 3.05) is 6.54 Å². The standard InChI is InChI=1S/C10H8BrNO2/c1-6(13)14-10-5-12-9-3-2-7(11)4-8(9)10/h2-4H,5H2,1H3. The molecular weight excluding hydrogens is 246 g/mol. The first-order chi connectivity index (χ1) is 6.66. The van der Waals surface area contributed by atoms with E-state index in [4.69, 9.17) is 4.74 Å². The number of nitrogens with zero attached hydrogens (tertiary/aromatic N) is 1. The maximum absolute atomic E-state index is 10.8. The topological polar surface area (TPSA) is 38.7 Å². The van der Waals surface area contributed by atoms with Crippen molar-refractivity contribution in [3.05, 3.63) is 33.2 Å². The van der Waals surface area contributed by atoms with E-state index in [1.165, 1.54) is 6.92 Å². The summed E-state index contributed by atoms with van der Waals surface area (Å²) >= 11 is 3.36. The molecule has 0 saturated carbocycles. The molecule has 0 spiro atoms. The molecule has 14 heavy (non-hydrogen) atoms. The van der Waals surface area contributed by atoms with Crippen LogP contribution in [0.1, 0.15) is 6.92 Å². The lowest BCUT2D eigenvalue weighted by atomic mass is 10.3. The molecule has 1 heterocycles. The molecule has 3 nitrogen and oxygen atoms in total. The molecule has 0 aliphatic carbocycles. The van der Waals surface area contributed by atoms with Gasteiger partial charge in [-0.05, 0) is 18.2 Å². The average molecular weight is 254 g/mol. The minimum atomic E-state index is -0.303. The summed E-state index contributed by atoms with van der Waals surface area (Å²) < 4.78 is 6.01. The van der Waals surface area contributed by atoms with E-state index in [9.17, 15) is 4.79 Å². The second kappa shape index (κ2) is 3.53. The number of carbonyl (C=O) groups excluding carboxylic acids is 1. The number of rotatable bonds is 1. The van der Waals surface area contributed by atoms with Crippen LogP contribution in [0.5, 0.6) is 0 Å². The molecule has 0 unspecified atom stereocenters. The summed E-state index contributed by atoms with van der Waals surface area (Å²) in [6.45, 7) is 1.84. The lowest BCUT2D eigenvalue weighted by Crippen LogP contribution is -2.23. The highest BCUT2D eigenvalue weighted by Crippen LogP contribution is 2.06. The Morgan fingerprint density at radius 2 is 2.36 bits per heavy atom. The van der Waals surface area contributed by atoms with Crippen LogP contribution in [0.2, 0.25) is 0 Å². The predicted octanol–water partition coefficient (Wildman–Crippen LogP) is 0.754. The second-order valence-corrected chi connectivity index (χ2v) is 3.91. The summed E-state index contributed by atoms with van der Waals surface area (Å²) in [5, 5.41) is 1.78. The Bertz CT molecular complexity index is 507. The molecular formula is C10H8BrNO2. The van der Waals surface area contributed by atoms with Crippen molar-refractivity contribution < 1.29 is 9.53 Å². The largest absolute Gasteiger partial charge is 0.429 e. The maximum atomic E-state index is 10.8. The third-order valence-electron chi connectivity index (χ3n) is 1.92. The van der Waals surface area contributed by atoms with Gasteiger partial charge in [0.1, 0.15) is 5.76 Å². The predicted molar refractivity (Wildman–Crippen MR) is 55.0 cm³/mol. The van der Waals surface area contributed by atoms with Gasteiger partial charge in [0.15, 0.2) is 0 Å². The van der Waals surface area contributed by atoms with Crippen molar-refractivity contribution in [3.63, 3.8) is 0 Å². The molecule has 0 N–H and O–H groups in total. The number of halogens is 1. The Kier molecular flexibility index (Phi) is 2.37. The molecule has 4 heteroatoms. The Morgan fingerprint density at radius 1 is 1.57 bits per heavy atom. The van der Waals surface area contributed by atoms with Crippen LogP contribution in [-0.2, 0) is 9.53 Å². The van der Waals surface area contributed by atoms with E-state index < -0.39 is 0 Å². The summed E-state index contributed by atoms with van der Waals surface area (Å²) in [6, 6.07) is 5.72. The molecule has 0 saturated heterocycles. The van der Waals surface area contributed by atoms with Gasteiger partial charge in [-0.2, -0.15) is 0 Å². The zero-order valence-corrected chi connectivity index (χ0v) is 9.17. The number of fused-ring (bicyclic) bond motifs is 1. The molecule has 0 amide bonds. The normalized spacial score (nSPS) is 13.4. The van der Waals surface area contributed by atoms with E-state index in [1.54, 1.807) is 0 Å². The van der Waals surface area contributed by atoms with Gasteiger partial charge in [-0.3, -0.25) is 9.79 Å². The minimum absolute atomic E-state index is 0.303. The van der Waals surface area contributed by atoms with E-state index in [0.717, 1.165) is 15.0 Å². The molecule has 72 valence electrons. The van der Waals surface area contributed by atoms with Crippen LogP contribution in [-0.4, -0.2) is 12.5 Å². The van der Waals surface area contributed by atoms with Gasteiger partial charge in [0.25, 0.3) is 0 Å².